The number of nitrogens with zero attached hydrogens (tertiary/aromatic N) is 3. The van der Waals surface area contributed by atoms with Crippen molar-refractivity contribution in [2.24, 2.45) is 0 Å². The molecule has 3 fully saturated rings. The highest BCUT2D eigenvalue weighted by Crippen LogP contribution is 2.13. The fraction of sp³-hybridized carbons (Fsp3) is 0.875. The van der Waals surface area contributed by atoms with Crippen molar-refractivity contribution in [2.45, 2.75) is 12.5 Å². The SMILES string of the molecule is O=C(CC1CSCCN1)N1CCN(C(=O)CN2CCOCC2)CC1. The topological polar surface area (TPSA) is 65.1 Å². The quantitative estimate of drug-likeness (QED) is 0.703. The molecule has 0 saturated carbocycles. The first kappa shape index (κ1) is 18.0. The molecule has 24 heavy (non-hydrogen) atoms. The highest BCUT2D eigenvalue weighted by Gasteiger charge is 2.27. The van der Waals surface area contributed by atoms with E-state index in [-0.39, 0.29) is 11.8 Å². The van der Waals surface area contributed by atoms with Crippen molar-refractivity contribution in [3.05, 3.63) is 0 Å². The van der Waals surface area contributed by atoms with E-state index in [1.165, 1.54) is 0 Å². The van der Waals surface area contributed by atoms with Crippen molar-refractivity contribution in [1.82, 2.24) is 20.0 Å². The van der Waals surface area contributed by atoms with Gasteiger partial charge in [-0.15, -0.1) is 0 Å². The molecular weight excluding hydrogens is 328 g/mol. The van der Waals surface area contributed by atoms with Crippen LogP contribution in [0.3, 0.4) is 0 Å². The van der Waals surface area contributed by atoms with Crippen LogP contribution < -0.4 is 5.32 Å². The molecule has 0 spiro atoms. The molecule has 3 aliphatic rings. The predicted octanol–water partition coefficient (Wildman–Crippen LogP) is -0.915. The molecule has 0 aromatic heterocycles. The second-order valence-corrected chi connectivity index (χ2v) is 7.73. The van der Waals surface area contributed by atoms with Crippen molar-refractivity contribution in [3.63, 3.8) is 0 Å². The zero-order chi connectivity index (χ0) is 16.8. The molecule has 136 valence electrons. The molecule has 0 bridgehead atoms. The number of hydrogen-bond donors (Lipinski definition) is 1. The molecule has 1 atom stereocenters. The van der Waals surface area contributed by atoms with Gasteiger partial charge in [0.2, 0.25) is 11.8 Å². The Balaban J connectivity index is 1.38. The third kappa shape index (κ3) is 5.08. The fourth-order valence-corrected chi connectivity index (χ4v) is 4.30. The van der Waals surface area contributed by atoms with Crippen LogP contribution >= 0.6 is 11.8 Å². The normalized spacial score (nSPS) is 26.4. The Labute approximate surface area is 148 Å². The highest BCUT2D eigenvalue weighted by molar-refractivity contribution is 7.99. The van der Waals surface area contributed by atoms with Gasteiger partial charge in [0.25, 0.3) is 0 Å². The molecule has 0 aromatic rings. The zero-order valence-corrected chi connectivity index (χ0v) is 15.1. The lowest BCUT2D eigenvalue weighted by Gasteiger charge is -2.37. The first-order valence-corrected chi connectivity index (χ1v) is 10.0. The number of carbonyl (C=O) groups excluding carboxylic acids is 2. The molecule has 3 aliphatic heterocycles. The van der Waals surface area contributed by atoms with Gasteiger partial charge < -0.3 is 19.9 Å². The average Bonchev–Trinajstić information content (AvgIpc) is 2.63. The van der Waals surface area contributed by atoms with Crippen LogP contribution in [0.2, 0.25) is 0 Å². The lowest BCUT2D eigenvalue weighted by atomic mass is 10.2. The fourth-order valence-electron chi connectivity index (χ4n) is 3.35. The molecule has 2 amide bonds. The number of ether oxygens (including phenoxy) is 1. The maximum Gasteiger partial charge on any atom is 0.236 e. The van der Waals surface area contributed by atoms with Gasteiger partial charge in [-0.05, 0) is 0 Å². The predicted molar refractivity (Wildman–Crippen MR) is 94.2 cm³/mol. The number of nitrogens with one attached hydrogen (secondary N) is 1. The van der Waals surface area contributed by atoms with Crippen LogP contribution in [-0.4, -0.2) is 110 Å². The monoisotopic (exact) mass is 356 g/mol. The second kappa shape index (κ2) is 9.03. The van der Waals surface area contributed by atoms with Gasteiger partial charge in [0.15, 0.2) is 0 Å². The van der Waals surface area contributed by atoms with Crippen LogP contribution in [0, 0.1) is 0 Å². The van der Waals surface area contributed by atoms with Crippen molar-refractivity contribution in [3.8, 4) is 0 Å². The lowest BCUT2D eigenvalue weighted by Crippen LogP contribution is -2.54. The van der Waals surface area contributed by atoms with Crippen molar-refractivity contribution >= 4 is 23.6 Å². The van der Waals surface area contributed by atoms with E-state index in [9.17, 15) is 9.59 Å². The summed E-state index contributed by atoms with van der Waals surface area (Å²) in [7, 11) is 0. The van der Waals surface area contributed by atoms with Gasteiger partial charge in [-0.3, -0.25) is 14.5 Å². The molecule has 3 saturated heterocycles. The van der Waals surface area contributed by atoms with Crippen molar-refractivity contribution < 1.29 is 14.3 Å². The minimum Gasteiger partial charge on any atom is -0.379 e. The summed E-state index contributed by atoms with van der Waals surface area (Å²) in [5.41, 5.74) is 0. The number of rotatable bonds is 4. The largest absolute Gasteiger partial charge is 0.379 e. The van der Waals surface area contributed by atoms with Gasteiger partial charge in [-0.1, -0.05) is 0 Å². The number of amides is 2. The Kier molecular flexibility index (Phi) is 6.76. The molecule has 0 aromatic carbocycles. The smallest absolute Gasteiger partial charge is 0.236 e. The van der Waals surface area contributed by atoms with Gasteiger partial charge in [0, 0.05) is 69.8 Å². The minimum atomic E-state index is 0.175. The summed E-state index contributed by atoms with van der Waals surface area (Å²) >= 11 is 1.91. The van der Waals surface area contributed by atoms with Crippen LogP contribution in [0.25, 0.3) is 0 Å². The van der Waals surface area contributed by atoms with Crippen LogP contribution in [0.4, 0.5) is 0 Å². The Morgan fingerprint density at radius 1 is 1.00 bits per heavy atom. The molecule has 3 heterocycles. The zero-order valence-electron chi connectivity index (χ0n) is 14.2. The summed E-state index contributed by atoms with van der Waals surface area (Å²) in [6, 6.07) is 0.303. The number of thioether (sulfide) groups is 1. The highest BCUT2D eigenvalue weighted by atomic mass is 32.2. The first-order chi connectivity index (χ1) is 11.7. The maximum absolute atomic E-state index is 12.4. The van der Waals surface area contributed by atoms with Crippen LogP contribution in [-0.2, 0) is 14.3 Å². The average molecular weight is 356 g/mol. The molecule has 0 radical (unpaired) electrons. The molecule has 7 nitrogen and oxygen atoms in total. The van der Waals surface area contributed by atoms with Crippen LogP contribution in [0.1, 0.15) is 6.42 Å². The van der Waals surface area contributed by atoms with Crippen LogP contribution in [0.15, 0.2) is 0 Å². The lowest BCUT2D eigenvalue weighted by molar-refractivity contribution is -0.141. The third-order valence-corrected chi connectivity index (χ3v) is 6.00. The molecule has 1 N–H and O–H groups in total. The first-order valence-electron chi connectivity index (χ1n) is 8.89. The number of carbonyl (C=O) groups is 2. The second-order valence-electron chi connectivity index (χ2n) is 6.58. The van der Waals surface area contributed by atoms with Crippen molar-refractivity contribution in [2.75, 3.05) is 77.1 Å². The van der Waals surface area contributed by atoms with Crippen molar-refractivity contribution in [1.29, 1.82) is 0 Å². The summed E-state index contributed by atoms with van der Waals surface area (Å²) < 4.78 is 5.31. The van der Waals surface area contributed by atoms with E-state index >= 15 is 0 Å². The van der Waals surface area contributed by atoms with E-state index in [0.717, 1.165) is 31.1 Å². The summed E-state index contributed by atoms with van der Waals surface area (Å²) in [6.45, 7) is 7.18. The van der Waals surface area contributed by atoms with Gasteiger partial charge in [-0.25, -0.2) is 0 Å². The third-order valence-electron chi connectivity index (χ3n) is 4.87. The summed E-state index contributed by atoms with van der Waals surface area (Å²) in [5.74, 6) is 2.54. The standard InChI is InChI=1S/C16H28N4O3S/c21-15(11-14-13-24-10-1-17-14)19-2-4-20(5-3-19)16(22)12-18-6-8-23-9-7-18/h14,17H,1-13H2. The maximum atomic E-state index is 12.4. The molecule has 1 unspecified atom stereocenters. The number of piperazine rings is 1. The summed E-state index contributed by atoms with van der Waals surface area (Å²) in [4.78, 5) is 30.8. The number of morpholine rings is 1. The van der Waals surface area contributed by atoms with E-state index in [4.69, 9.17) is 4.74 Å². The molecule has 3 rings (SSSR count). The van der Waals surface area contributed by atoms with Crippen LogP contribution in [0.5, 0.6) is 0 Å². The Bertz CT molecular complexity index is 391. The summed E-state index contributed by atoms with van der Waals surface area (Å²) in [5, 5.41) is 3.41. The van der Waals surface area contributed by atoms with E-state index in [1.807, 2.05) is 21.6 Å². The molecule has 8 heteroatoms. The Hall–Kier alpha value is -0.830. The number of hydrogen-bond acceptors (Lipinski definition) is 6. The van der Waals surface area contributed by atoms with Gasteiger partial charge in [-0.2, -0.15) is 11.8 Å². The van der Waals surface area contributed by atoms with Gasteiger partial charge >= 0.3 is 0 Å². The van der Waals surface area contributed by atoms with E-state index < -0.39 is 0 Å². The van der Waals surface area contributed by atoms with Gasteiger partial charge in [0.1, 0.15) is 0 Å². The van der Waals surface area contributed by atoms with E-state index in [2.05, 4.69) is 10.2 Å². The molecular formula is C16H28N4O3S. The Morgan fingerprint density at radius 3 is 2.29 bits per heavy atom. The van der Waals surface area contributed by atoms with E-state index in [1.54, 1.807) is 0 Å². The van der Waals surface area contributed by atoms with Gasteiger partial charge in [0.05, 0.1) is 19.8 Å². The van der Waals surface area contributed by atoms with E-state index in [0.29, 0.717) is 58.4 Å². The summed E-state index contributed by atoms with van der Waals surface area (Å²) in [6.07, 6.45) is 0.578. The Morgan fingerprint density at radius 2 is 1.67 bits per heavy atom. The molecule has 0 aliphatic carbocycles. The minimum absolute atomic E-state index is 0.175.